The molecular weight excluding hydrogens is 701 g/mol. The first-order valence-electron chi connectivity index (χ1n) is 17.6. The Kier molecular flexibility index (Phi) is 10.3. The number of fused-ring (bicyclic) bond motifs is 3. The van der Waals surface area contributed by atoms with E-state index in [4.69, 9.17) is 9.47 Å². The number of carboxylic acid groups (broad SMARTS) is 1. The number of aromatic nitrogens is 1. The average Bonchev–Trinajstić information content (AvgIpc) is 4.01. The molecule has 0 spiro atoms. The number of carbonyl (C=O) groups is 4. The van der Waals surface area contributed by atoms with Crippen molar-refractivity contribution in [1.29, 1.82) is 0 Å². The molecule has 0 unspecified atom stereocenters. The molecule has 5 N–H and O–H groups in total. The highest BCUT2D eigenvalue weighted by Crippen LogP contribution is 2.46. The second-order valence-corrected chi connectivity index (χ2v) is 16.3. The summed E-state index contributed by atoms with van der Waals surface area (Å²) in [5, 5.41) is 14.6. The highest BCUT2D eigenvalue weighted by atomic mass is 32.2. The predicted molar refractivity (Wildman–Crippen MR) is 186 cm³/mol. The molecule has 6 rings (SSSR count). The van der Waals surface area contributed by atoms with Crippen molar-refractivity contribution >= 4 is 44.6 Å². The van der Waals surface area contributed by atoms with Gasteiger partial charge in [0, 0.05) is 17.7 Å². The van der Waals surface area contributed by atoms with E-state index in [2.05, 4.69) is 20.3 Å². The largest absolute Gasteiger partial charge is 0.491 e. The zero-order valence-corrected chi connectivity index (χ0v) is 30.0. The molecule has 1 aromatic heterocycles. The van der Waals surface area contributed by atoms with Crippen LogP contribution in [0.3, 0.4) is 0 Å². The molecule has 2 aromatic rings. The third kappa shape index (κ3) is 7.45. The number of hydrogen-bond acceptors (Lipinski definition) is 9. The number of carbonyl (C=O) groups excluding carboxylic acids is 3. The Morgan fingerprint density at radius 1 is 1.13 bits per heavy atom. The van der Waals surface area contributed by atoms with Gasteiger partial charge < -0.3 is 30.1 Å². The highest BCUT2D eigenvalue weighted by molar-refractivity contribution is 7.91. The number of ether oxygens (including phenoxy) is 2. The molecule has 3 fully saturated rings. The predicted octanol–water partition coefficient (Wildman–Crippen LogP) is 2.55. The summed E-state index contributed by atoms with van der Waals surface area (Å²) in [4.78, 5) is 71.2. The number of rotatable bonds is 8. The molecule has 2 aliphatic heterocycles. The fourth-order valence-electron chi connectivity index (χ4n) is 7.55. The molecule has 4 amide bonds. The van der Waals surface area contributed by atoms with Gasteiger partial charge in [0.2, 0.25) is 27.7 Å². The van der Waals surface area contributed by atoms with Crippen LogP contribution in [-0.4, -0.2) is 89.9 Å². The van der Waals surface area contributed by atoms with Gasteiger partial charge in [-0.15, -0.1) is 0 Å². The number of halogens is 1. The van der Waals surface area contributed by atoms with Crippen LogP contribution in [0.15, 0.2) is 35.1 Å². The number of methoxy groups -OCH3 is 1. The number of aromatic amines is 1. The minimum atomic E-state index is -3.95. The number of pyridine rings is 1. The molecule has 282 valence electrons. The lowest BCUT2D eigenvalue weighted by Crippen LogP contribution is -2.59. The van der Waals surface area contributed by atoms with Gasteiger partial charge in [-0.1, -0.05) is 32.4 Å². The van der Waals surface area contributed by atoms with Gasteiger partial charge in [-0.05, 0) is 68.6 Å². The third-order valence-electron chi connectivity index (χ3n) is 10.6. The van der Waals surface area contributed by atoms with Crippen LogP contribution in [0.2, 0.25) is 0 Å². The molecular formula is C35H44FN5O10S. The molecule has 4 aliphatic rings. The van der Waals surface area contributed by atoms with Gasteiger partial charge in [0.1, 0.15) is 29.5 Å². The SMILES string of the molecule is CC[C@@H]1C[C@H](C)CC/C=C\[C@@H]2C[C@@]2(C(=O)NS(=O)(=O)C2CC2)NC(=O)[C@@H]2C[C@@H](Oc3[nH]c(=O)c4cc(F)ccc4c3OC)CN2C(=O)[C@H]1NC(=O)O. The number of H-pyrrole nitrogens is 1. The molecule has 15 nitrogen and oxygen atoms in total. The quantitative estimate of drug-likeness (QED) is 0.249. The second kappa shape index (κ2) is 14.4. The average molecular weight is 746 g/mol. The summed E-state index contributed by atoms with van der Waals surface area (Å²) in [5.74, 6) is -3.81. The van der Waals surface area contributed by atoms with Crippen molar-refractivity contribution in [1.82, 2.24) is 25.2 Å². The maximum absolute atomic E-state index is 14.5. The van der Waals surface area contributed by atoms with Gasteiger partial charge >= 0.3 is 6.09 Å². The van der Waals surface area contributed by atoms with Crippen molar-refractivity contribution in [3.63, 3.8) is 0 Å². The monoisotopic (exact) mass is 745 g/mol. The lowest BCUT2D eigenvalue weighted by Gasteiger charge is -2.33. The Hall–Kier alpha value is -4.67. The van der Waals surface area contributed by atoms with Crippen LogP contribution in [0.4, 0.5) is 9.18 Å². The van der Waals surface area contributed by atoms with E-state index < -0.39 is 86.0 Å². The standard InChI is InChI=1S/C35H44FN5O10S/c1-4-19-13-18(2)7-5-6-8-20-16-35(20,33(45)40-52(48,49)23-10-11-23)39-30(43)26-15-22(17-41(26)32(44)27(19)37-34(46)47)51-31-28(50-3)24-12-9-21(36)14-25(24)29(42)38-31/h6,8-9,12,14,18-20,22-23,26-27,37H,4-5,7,10-11,13,15-17H2,1-3H3,(H,38,42)(H,39,43)(H,40,45)(H,46,47)/b8-6-/t18-,19-,20-,22-,26+,27+,35-/m1/s1. The number of amides is 4. The molecule has 0 radical (unpaired) electrons. The molecule has 52 heavy (non-hydrogen) atoms. The minimum absolute atomic E-state index is 0.0144. The maximum Gasteiger partial charge on any atom is 0.405 e. The molecule has 2 aliphatic carbocycles. The summed E-state index contributed by atoms with van der Waals surface area (Å²) in [6, 6.07) is 1.08. The highest BCUT2D eigenvalue weighted by Gasteiger charge is 2.62. The third-order valence-corrected chi connectivity index (χ3v) is 12.5. The zero-order valence-electron chi connectivity index (χ0n) is 29.1. The lowest BCUT2D eigenvalue weighted by molar-refractivity contribution is -0.142. The van der Waals surface area contributed by atoms with Gasteiger partial charge in [-0.3, -0.25) is 28.9 Å². The molecule has 0 bridgehead atoms. The first-order valence-corrected chi connectivity index (χ1v) is 19.1. The van der Waals surface area contributed by atoms with Crippen molar-refractivity contribution in [2.45, 2.75) is 94.2 Å². The van der Waals surface area contributed by atoms with Gasteiger partial charge in [0.05, 0.1) is 24.3 Å². The van der Waals surface area contributed by atoms with E-state index in [1.165, 1.54) is 18.1 Å². The number of nitrogens with one attached hydrogen (secondary N) is 4. The molecule has 2 saturated carbocycles. The fraction of sp³-hybridized carbons (Fsp3) is 0.571. The number of nitrogens with zero attached hydrogens (tertiary/aromatic N) is 1. The van der Waals surface area contributed by atoms with Crippen LogP contribution in [0.5, 0.6) is 11.6 Å². The Bertz CT molecular complexity index is 1970. The van der Waals surface area contributed by atoms with Crippen LogP contribution in [-0.2, 0) is 24.4 Å². The summed E-state index contributed by atoms with van der Waals surface area (Å²) in [6.07, 6.45) is 4.48. The first kappa shape index (κ1) is 37.1. The molecule has 3 heterocycles. The van der Waals surface area contributed by atoms with Crippen LogP contribution in [0, 0.1) is 23.6 Å². The smallest absolute Gasteiger partial charge is 0.405 e. The van der Waals surface area contributed by atoms with Gasteiger partial charge in [0.15, 0.2) is 5.75 Å². The van der Waals surface area contributed by atoms with Gasteiger partial charge in [0.25, 0.3) is 11.5 Å². The summed E-state index contributed by atoms with van der Waals surface area (Å²) in [7, 11) is -2.61. The maximum atomic E-state index is 14.5. The number of hydrogen-bond donors (Lipinski definition) is 5. The van der Waals surface area contributed by atoms with Crippen molar-refractivity contribution in [2.75, 3.05) is 13.7 Å². The normalized spacial score (nSPS) is 30.2. The van der Waals surface area contributed by atoms with Gasteiger partial charge in [-0.25, -0.2) is 17.6 Å². The van der Waals surface area contributed by atoms with E-state index in [0.717, 1.165) is 12.1 Å². The Morgan fingerprint density at radius 2 is 1.88 bits per heavy atom. The number of benzene rings is 1. The molecule has 1 aromatic carbocycles. The van der Waals surface area contributed by atoms with E-state index >= 15 is 0 Å². The minimum Gasteiger partial charge on any atom is -0.491 e. The van der Waals surface area contributed by atoms with Crippen LogP contribution >= 0.6 is 0 Å². The van der Waals surface area contributed by atoms with Crippen LogP contribution < -0.4 is 30.4 Å². The van der Waals surface area contributed by atoms with Crippen molar-refractivity contribution in [2.24, 2.45) is 17.8 Å². The van der Waals surface area contributed by atoms with Crippen molar-refractivity contribution in [3.05, 3.63) is 46.5 Å². The summed E-state index contributed by atoms with van der Waals surface area (Å²) in [6.45, 7) is 3.65. The first-order chi connectivity index (χ1) is 24.7. The Balaban J connectivity index is 1.37. The van der Waals surface area contributed by atoms with Crippen molar-refractivity contribution < 1.29 is 46.6 Å². The number of allylic oxidation sites excluding steroid dienone is 1. The molecule has 1 saturated heterocycles. The summed E-state index contributed by atoms with van der Waals surface area (Å²) < 4.78 is 53.4. The summed E-state index contributed by atoms with van der Waals surface area (Å²) in [5.41, 5.74) is -2.26. The van der Waals surface area contributed by atoms with E-state index in [1.807, 2.05) is 19.9 Å². The second-order valence-electron chi connectivity index (χ2n) is 14.4. The Morgan fingerprint density at radius 3 is 2.56 bits per heavy atom. The lowest BCUT2D eigenvalue weighted by atomic mass is 9.85. The van der Waals surface area contributed by atoms with Crippen LogP contribution in [0.1, 0.15) is 65.2 Å². The van der Waals surface area contributed by atoms with E-state index in [1.54, 1.807) is 6.08 Å². The van der Waals surface area contributed by atoms with Crippen molar-refractivity contribution in [3.8, 4) is 11.6 Å². The van der Waals surface area contributed by atoms with Gasteiger partial charge in [-0.2, -0.15) is 0 Å². The molecule has 17 heteroatoms. The van der Waals surface area contributed by atoms with E-state index in [0.29, 0.717) is 38.5 Å². The zero-order chi connectivity index (χ0) is 37.5. The Labute approximate surface area is 299 Å². The van der Waals surface area contributed by atoms with Crippen LogP contribution in [0.25, 0.3) is 10.8 Å². The number of sulfonamides is 1. The van der Waals surface area contributed by atoms with E-state index in [9.17, 15) is 41.9 Å². The topological polar surface area (TPSA) is 213 Å². The van der Waals surface area contributed by atoms with E-state index in [-0.39, 0.29) is 47.7 Å². The molecule has 7 atom stereocenters. The summed E-state index contributed by atoms with van der Waals surface area (Å²) >= 11 is 0. The fourth-order valence-corrected chi connectivity index (χ4v) is 8.92.